The molecule has 0 aromatic carbocycles. The first-order valence-electron chi connectivity index (χ1n) is 5.65. The number of hydrogen-bond donors (Lipinski definition) is 1. The van der Waals surface area contributed by atoms with Gasteiger partial charge >= 0.3 is 0 Å². The fourth-order valence-electron chi connectivity index (χ4n) is 2.38. The van der Waals surface area contributed by atoms with Crippen LogP contribution >= 0.6 is 0 Å². The molecule has 1 fully saturated rings. The van der Waals surface area contributed by atoms with Crippen molar-refractivity contribution in [3.8, 4) is 0 Å². The van der Waals surface area contributed by atoms with E-state index in [-0.39, 0.29) is 11.7 Å². The second kappa shape index (κ2) is 4.83. The van der Waals surface area contributed by atoms with Crippen LogP contribution in [0.4, 0.5) is 0 Å². The Balaban J connectivity index is 2.51. The molecule has 0 radical (unpaired) electrons. The van der Waals surface area contributed by atoms with E-state index in [1.165, 1.54) is 6.26 Å². The zero-order valence-electron chi connectivity index (χ0n) is 9.81. The zero-order chi connectivity index (χ0) is 11.6. The van der Waals surface area contributed by atoms with Gasteiger partial charge in [0, 0.05) is 6.26 Å². The topological polar surface area (TPSA) is 54.4 Å². The number of hydrogen-bond acceptors (Lipinski definition) is 3. The lowest BCUT2D eigenvalue weighted by molar-refractivity contribution is 0.0719. The third kappa shape index (κ3) is 4.11. The molecule has 0 heterocycles. The summed E-state index contributed by atoms with van der Waals surface area (Å²) >= 11 is 0. The van der Waals surface area contributed by atoms with Crippen LogP contribution in [0.3, 0.4) is 0 Å². The summed E-state index contributed by atoms with van der Waals surface area (Å²) in [5, 5.41) is 9.83. The van der Waals surface area contributed by atoms with Crippen LogP contribution in [-0.2, 0) is 9.84 Å². The Bertz CT molecular complexity index is 297. The Morgan fingerprint density at radius 3 is 2.33 bits per heavy atom. The number of rotatable bonds is 3. The predicted octanol–water partition coefficient (Wildman–Crippen LogP) is 1.46. The highest BCUT2D eigenvalue weighted by Crippen LogP contribution is 2.35. The van der Waals surface area contributed by atoms with E-state index in [4.69, 9.17) is 0 Å². The highest BCUT2D eigenvalue weighted by molar-refractivity contribution is 7.90. The third-order valence-corrected chi connectivity index (χ3v) is 4.60. The molecule has 0 saturated heterocycles. The first kappa shape index (κ1) is 13.0. The van der Waals surface area contributed by atoms with Crippen LogP contribution in [0.1, 0.15) is 33.1 Å². The maximum Gasteiger partial charge on any atom is 0.150 e. The molecule has 1 aliphatic rings. The standard InChI is InChI=1S/C11H22O3S/c1-8-4-5-10(6-9(8)2)11(12)7-15(3,13)14/h8-12H,4-7H2,1-3H3. The fourth-order valence-corrected chi connectivity index (χ4v) is 3.28. The van der Waals surface area contributed by atoms with E-state index < -0.39 is 15.9 Å². The van der Waals surface area contributed by atoms with Gasteiger partial charge in [-0.05, 0) is 30.6 Å². The molecular weight excluding hydrogens is 212 g/mol. The van der Waals surface area contributed by atoms with Crippen molar-refractivity contribution in [1.29, 1.82) is 0 Å². The van der Waals surface area contributed by atoms with Crippen molar-refractivity contribution in [3.63, 3.8) is 0 Å². The second-order valence-corrected chi connectivity index (χ2v) is 7.37. The highest BCUT2D eigenvalue weighted by atomic mass is 32.2. The summed E-state index contributed by atoms with van der Waals surface area (Å²) in [6.45, 7) is 4.41. The number of sulfone groups is 1. The van der Waals surface area contributed by atoms with Gasteiger partial charge in [-0.15, -0.1) is 0 Å². The minimum absolute atomic E-state index is 0.0846. The van der Waals surface area contributed by atoms with Crippen molar-refractivity contribution >= 4 is 9.84 Å². The van der Waals surface area contributed by atoms with Crippen LogP contribution in [0.2, 0.25) is 0 Å². The van der Waals surface area contributed by atoms with Crippen molar-refractivity contribution < 1.29 is 13.5 Å². The Morgan fingerprint density at radius 2 is 1.87 bits per heavy atom. The van der Waals surface area contributed by atoms with E-state index in [0.717, 1.165) is 19.3 Å². The van der Waals surface area contributed by atoms with Crippen molar-refractivity contribution in [2.75, 3.05) is 12.0 Å². The van der Waals surface area contributed by atoms with Gasteiger partial charge in [-0.25, -0.2) is 8.42 Å². The molecule has 4 heteroatoms. The molecule has 0 aliphatic heterocycles. The van der Waals surface area contributed by atoms with E-state index in [2.05, 4.69) is 13.8 Å². The van der Waals surface area contributed by atoms with Crippen molar-refractivity contribution in [2.45, 2.75) is 39.2 Å². The lowest BCUT2D eigenvalue weighted by Gasteiger charge is -2.34. The molecule has 3 nitrogen and oxygen atoms in total. The lowest BCUT2D eigenvalue weighted by Crippen LogP contribution is -2.33. The highest BCUT2D eigenvalue weighted by Gasteiger charge is 2.30. The smallest absolute Gasteiger partial charge is 0.150 e. The average Bonchev–Trinajstić information content (AvgIpc) is 2.06. The Kier molecular flexibility index (Phi) is 4.18. The fraction of sp³-hybridized carbons (Fsp3) is 1.00. The molecule has 4 atom stereocenters. The van der Waals surface area contributed by atoms with Crippen molar-refractivity contribution in [3.05, 3.63) is 0 Å². The second-order valence-electron chi connectivity index (χ2n) is 5.19. The first-order chi connectivity index (χ1) is 6.79. The van der Waals surface area contributed by atoms with Gasteiger partial charge in [-0.2, -0.15) is 0 Å². The quantitative estimate of drug-likeness (QED) is 0.804. The van der Waals surface area contributed by atoms with Gasteiger partial charge in [0.05, 0.1) is 11.9 Å². The monoisotopic (exact) mass is 234 g/mol. The van der Waals surface area contributed by atoms with Gasteiger partial charge in [0.15, 0.2) is 0 Å². The first-order valence-corrected chi connectivity index (χ1v) is 7.71. The largest absolute Gasteiger partial charge is 0.392 e. The molecule has 4 unspecified atom stereocenters. The molecular formula is C11H22O3S. The van der Waals surface area contributed by atoms with E-state index in [1.807, 2.05) is 0 Å². The van der Waals surface area contributed by atoms with Crippen LogP contribution in [-0.4, -0.2) is 31.6 Å². The maximum absolute atomic E-state index is 11.1. The van der Waals surface area contributed by atoms with Crippen molar-refractivity contribution in [1.82, 2.24) is 0 Å². The normalized spacial score (nSPS) is 35.1. The summed E-state index contributed by atoms with van der Waals surface area (Å²) in [6.07, 6.45) is 3.53. The van der Waals surface area contributed by atoms with E-state index >= 15 is 0 Å². The molecule has 90 valence electrons. The Hall–Kier alpha value is -0.0900. The average molecular weight is 234 g/mol. The van der Waals surface area contributed by atoms with Crippen LogP contribution in [0.15, 0.2) is 0 Å². The number of aliphatic hydroxyl groups is 1. The summed E-state index contributed by atoms with van der Waals surface area (Å²) < 4.78 is 22.1. The lowest BCUT2D eigenvalue weighted by atomic mass is 9.74. The molecule has 0 aromatic heterocycles. The Labute approximate surface area is 92.8 Å². The summed E-state index contributed by atoms with van der Waals surface area (Å²) in [6, 6.07) is 0. The minimum Gasteiger partial charge on any atom is -0.392 e. The van der Waals surface area contributed by atoms with E-state index in [1.54, 1.807) is 0 Å². The van der Waals surface area contributed by atoms with Crippen LogP contribution in [0.5, 0.6) is 0 Å². The zero-order valence-corrected chi connectivity index (χ0v) is 10.6. The molecule has 1 rings (SSSR count). The molecule has 0 spiro atoms. The SMILES string of the molecule is CC1CCC(C(O)CS(C)(=O)=O)CC1C. The van der Waals surface area contributed by atoms with E-state index in [0.29, 0.717) is 11.8 Å². The van der Waals surface area contributed by atoms with Gasteiger partial charge in [-0.3, -0.25) is 0 Å². The van der Waals surface area contributed by atoms with Gasteiger partial charge < -0.3 is 5.11 Å². The van der Waals surface area contributed by atoms with Crippen molar-refractivity contribution in [2.24, 2.45) is 17.8 Å². The summed E-state index contributed by atoms with van der Waals surface area (Å²) in [4.78, 5) is 0. The molecule has 0 amide bonds. The molecule has 15 heavy (non-hydrogen) atoms. The number of aliphatic hydroxyl groups excluding tert-OH is 1. The van der Waals surface area contributed by atoms with Gasteiger partial charge in [0.2, 0.25) is 0 Å². The summed E-state index contributed by atoms with van der Waals surface area (Å²) in [5.41, 5.74) is 0. The maximum atomic E-state index is 11.1. The molecule has 1 aliphatic carbocycles. The van der Waals surface area contributed by atoms with Gasteiger partial charge in [0.1, 0.15) is 9.84 Å². The van der Waals surface area contributed by atoms with Gasteiger partial charge in [0.25, 0.3) is 0 Å². The molecule has 1 N–H and O–H groups in total. The van der Waals surface area contributed by atoms with Crippen LogP contribution in [0.25, 0.3) is 0 Å². The molecule has 1 saturated carbocycles. The third-order valence-electron chi connectivity index (χ3n) is 3.66. The predicted molar refractivity (Wildman–Crippen MR) is 61.4 cm³/mol. The Morgan fingerprint density at radius 1 is 1.27 bits per heavy atom. The molecule has 0 aromatic rings. The summed E-state index contributed by atoms with van der Waals surface area (Å²) in [7, 11) is -3.05. The van der Waals surface area contributed by atoms with Crippen LogP contribution < -0.4 is 0 Å². The van der Waals surface area contributed by atoms with Gasteiger partial charge in [-0.1, -0.05) is 20.3 Å². The van der Waals surface area contributed by atoms with Crippen LogP contribution in [0, 0.1) is 17.8 Å². The minimum atomic E-state index is -3.05. The molecule has 0 bridgehead atoms. The summed E-state index contributed by atoms with van der Waals surface area (Å²) in [5.74, 6) is 1.38. The van der Waals surface area contributed by atoms with E-state index in [9.17, 15) is 13.5 Å².